The molecule has 0 saturated carbocycles. The van der Waals surface area contributed by atoms with Gasteiger partial charge in [0.15, 0.2) is 5.65 Å². The number of aryl methyl sites for hydroxylation is 1. The van der Waals surface area contributed by atoms with Gasteiger partial charge in [0.05, 0.1) is 23.3 Å². The fourth-order valence-electron chi connectivity index (χ4n) is 2.64. The van der Waals surface area contributed by atoms with Crippen LogP contribution in [0, 0.1) is 6.92 Å². The summed E-state index contributed by atoms with van der Waals surface area (Å²) in [6.45, 7) is 2.13. The van der Waals surface area contributed by atoms with E-state index in [1.807, 2.05) is 0 Å². The molecule has 1 aliphatic heterocycles. The number of fused-ring (bicyclic) bond motifs is 3. The minimum absolute atomic E-state index is 0.0971. The van der Waals surface area contributed by atoms with Crippen LogP contribution in [0.4, 0.5) is 24.5 Å². The predicted molar refractivity (Wildman–Crippen MR) is 69.0 cm³/mol. The predicted octanol–water partition coefficient (Wildman–Crippen LogP) is 1.42. The van der Waals surface area contributed by atoms with Crippen molar-refractivity contribution < 1.29 is 18.0 Å². The maximum atomic E-state index is 13.5. The van der Waals surface area contributed by atoms with Crippen molar-refractivity contribution in [3.63, 3.8) is 0 Å². The number of amides is 1. The first-order chi connectivity index (χ1) is 9.70. The summed E-state index contributed by atoms with van der Waals surface area (Å²) in [6.07, 6.45) is -2.95. The van der Waals surface area contributed by atoms with Gasteiger partial charge in [-0.25, -0.2) is 9.50 Å². The van der Waals surface area contributed by atoms with E-state index in [0.717, 1.165) is 16.3 Å². The standard InChI is InChI=1S/C12H12F3N5O/c1-6-8(16)10-17-3-7-9(20(10)18-6)11(2,12(13,14)15)4-19(7)5-21/h3,5H,4,16H2,1-2H3. The number of hydrogen-bond donors (Lipinski definition) is 1. The van der Waals surface area contributed by atoms with E-state index in [4.69, 9.17) is 5.73 Å². The SMILES string of the molecule is Cc1nn2c3c(cnc2c1N)N(C=O)CC3(C)C(F)(F)F. The summed E-state index contributed by atoms with van der Waals surface area (Å²) >= 11 is 0. The molecule has 6 nitrogen and oxygen atoms in total. The van der Waals surface area contributed by atoms with Crippen molar-refractivity contribution in [3.8, 4) is 0 Å². The van der Waals surface area contributed by atoms with Crippen LogP contribution < -0.4 is 10.6 Å². The van der Waals surface area contributed by atoms with Gasteiger partial charge in [-0.05, 0) is 13.8 Å². The molecule has 112 valence electrons. The van der Waals surface area contributed by atoms with Crippen molar-refractivity contribution in [1.29, 1.82) is 0 Å². The molecule has 3 heterocycles. The van der Waals surface area contributed by atoms with E-state index < -0.39 is 18.1 Å². The van der Waals surface area contributed by atoms with Gasteiger partial charge in [0.25, 0.3) is 0 Å². The van der Waals surface area contributed by atoms with Crippen LogP contribution in [0.5, 0.6) is 0 Å². The van der Waals surface area contributed by atoms with Crippen LogP contribution in [0.3, 0.4) is 0 Å². The Hall–Kier alpha value is -2.32. The lowest BCUT2D eigenvalue weighted by Crippen LogP contribution is -2.44. The van der Waals surface area contributed by atoms with Gasteiger partial charge in [0, 0.05) is 6.54 Å². The molecule has 0 fully saturated rings. The third kappa shape index (κ3) is 1.57. The minimum atomic E-state index is -4.54. The molecule has 0 spiro atoms. The maximum Gasteiger partial charge on any atom is 0.401 e. The number of anilines is 2. The van der Waals surface area contributed by atoms with Gasteiger partial charge in [-0.1, -0.05) is 0 Å². The molecule has 0 aromatic carbocycles. The number of aromatic nitrogens is 3. The highest BCUT2D eigenvalue weighted by Crippen LogP contribution is 2.49. The lowest BCUT2D eigenvalue weighted by Gasteiger charge is -2.27. The van der Waals surface area contributed by atoms with Gasteiger partial charge >= 0.3 is 6.18 Å². The van der Waals surface area contributed by atoms with Gasteiger partial charge in [0.1, 0.15) is 11.1 Å². The van der Waals surface area contributed by atoms with Crippen molar-refractivity contribution in [2.75, 3.05) is 17.2 Å². The van der Waals surface area contributed by atoms with Gasteiger partial charge in [-0.3, -0.25) is 4.79 Å². The number of alkyl halides is 3. The smallest absolute Gasteiger partial charge is 0.394 e. The average Bonchev–Trinajstić information content (AvgIpc) is 2.86. The zero-order valence-corrected chi connectivity index (χ0v) is 11.3. The average molecular weight is 299 g/mol. The zero-order valence-electron chi connectivity index (χ0n) is 11.3. The summed E-state index contributed by atoms with van der Waals surface area (Å²) in [5.74, 6) is 0. The molecule has 2 aromatic rings. The van der Waals surface area contributed by atoms with E-state index >= 15 is 0 Å². The number of carbonyl (C=O) groups is 1. The fraction of sp³-hybridized carbons (Fsp3) is 0.417. The minimum Gasteiger partial charge on any atom is -0.394 e. The van der Waals surface area contributed by atoms with Crippen LogP contribution in [-0.4, -0.2) is 33.7 Å². The molecule has 0 saturated heterocycles. The van der Waals surface area contributed by atoms with E-state index in [-0.39, 0.29) is 22.7 Å². The van der Waals surface area contributed by atoms with Crippen molar-refractivity contribution in [2.45, 2.75) is 25.4 Å². The lowest BCUT2D eigenvalue weighted by atomic mass is 9.88. The summed E-state index contributed by atoms with van der Waals surface area (Å²) in [4.78, 5) is 16.1. The van der Waals surface area contributed by atoms with E-state index in [2.05, 4.69) is 10.1 Å². The van der Waals surface area contributed by atoms with Crippen LogP contribution in [0.15, 0.2) is 6.20 Å². The van der Waals surface area contributed by atoms with Crippen LogP contribution in [0.2, 0.25) is 0 Å². The highest BCUT2D eigenvalue weighted by Gasteiger charge is 2.59. The molecule has 0 radical (unpaired) electrons. The second kappa shape index (κ2) is 3.86. The molecule has 9 heteroatoms. The third-order valence-electron chi connectivity index (χ3n) is 3.92. The normalized spacial score (nSPS) is 21.9. The Kier molecular flexibility index (Phi) is 2.51. The highest BCUT2D eigenvalue weighted by molar-refractivity contribution is 5.82. The Bertz CT molecular complexity index is 753. The highest BCUT2D eigenvalue weighted by atomic mass is 19.4. The largest absolute Gasteiger partial charge is 0.401 e. The molecule has 1 unspecified atom stereocenters. The molecule has 3 rings (SSSR count). The first kappa shape index (κ1) is 13.7. The van der Waals surface area contributed by atoms with E-state index in [9.17, 15) is 18.0 Å². The van der Waals surface area contributed by atoms with Gasteiger partial charge in [-0.15, -0.1) is 0 Å². The number of carbonyl (C=O) groups excluding carboxylic acids is 1. The molecular weight excluding hydrogens is 287 g/mol. The lowest BCUT2D eigenvalue weighted by molar-refractivity contribution is -0.181. The van der Waals surface area contributed by atoms with E-state index in [1.165, 1.54) is 6.20 Å². The topological polar surface area (TPSA) is 76.5 Å². The molecule has 2 aromatic heterocycles. The molecule has 0 aliphatic carbocycles. The molecule has 1 amide bonds. The Labute approximate surface area is 117 Å². The van der Waals surface area contributed by atoms with Crippen molar-refractivity contribution >= 4 is 23.4 Å². The number of nitrogens with two attached hydrogens (primary N) is 1. The van der Waals surface area contributed by atoms with Crippen molar-refractivity contribution in [1.82, 2.24) is 14.6 Å². The maximum absolute atomic E-state index is 13.5. The second-order valence-electron chi connectivity index (χ2n) is 5.29. The summed E-state index contributed by atoms with van der Waals surface area (Å²) in [7, 11) is 0. The first-order valence-electron chi connectivity index (χ1n) is 6.13. The fourth-order valence-corrected chi connectivity index (χ4v) is 2.64. The Morgan fingerprint density at radius 1 is 1.48 bits per heavy atom. The summed E-state index contributed by atoms with van der Waals surface area (Å²) < 4.78 is 41.7. The third-order valence-corrected chi connectivity index (χ3v) is 3.92. The zero-order chi connectivity index (χ0) is 15.6. The molecule has 1 aliphatic rings. The Morgan fingerprint density at radius 2 is 2.14 bits per heavy atom. The monoisotopic (exact) mass is 299 g/mol. The van der Waals surface area contributed by atoms with E-state index in [1.54, 1.807) is 6.92 Å². The van der Waals surface area contributed by atoms with Crippen LogP contribution in [-0.2, 0) is 10.2 Å². The summed E-state index contributed by atoms with van der Waals surface area (Å²) in [6, 6.07) is 0. The molecule has 1 atom stereocenters. The number of halogens is 3. The summed E-state index contributed by atoms with van der Waals surface area (Å²) in [5, 5.41) is 4.05. The number of rotatable bonds is 1. The Balaban J connectivity index is 2.42. The van der Waals surface area contributed by atoms with Crippen molar-refractivity contribution in [2.24, 2.45) is 0 Å². The number of nitrogen functional groups attached to an aromatic ring is 1. The molecule has 0 bridgehead atoms. The molecule has 2 N–H and O–H groups in total. The van der Waals surface area contributed by atoms with E-state index in [0.29, 0.717) is 12.1 Å². The van der Waals surface area contributed by atoms with Gasteiger partial charge in [0.2, 0.25) is 6.41 Å². The van der Waals surface area contributed by atoms with Crippen molar-refractivity contribution in [3.05, 3.63) is 17.6 Å². The number of nitrogens with zero attached hydrogens (tertiary/aromatic N) is 4. The van der Waals surface area contributed by atoms with Gasteiger partial charge in [-0.2, -0.15) is 18.3 Å². The van der Waals surface area contributed by atoms with Gasteiger partial charge < -0.3 is 10.6 Å². The van der Waals surface area contributed by atoms with Crippen LogP contribution >= 0.6 is 0 Å². The quantitative estimate of drug-likeness (QED) is 0.808. The molecule has 21 heavy (non-hydrogen) atoms. The Morgan fingerprint density at radius 3 is 2.71 bits per heavy atom. The first-order valence-corrected chi connectivity index (χ1v) is 6.13. The molecular formula is C12H12F3N5O. The number of hydrogen-bond acceptors (Lipinski definition) is 4. The van der Waals surface area contributed by atoms with Crippen LogP contribution in [0.1, 0.15) is 18.3 Å². The second-order valence-corrected chi connectivity index (χ2v) is 5.29. The van der Waals surface area contributed by atoms with Crippen LogP contribution in [0.25, 0.3) is 5.65 Å². The summed E-state index contributed by atoms with van der Waals surface area (Å²) in [5.41, 5.74) is 4.32.